The van der Waals surface area contributed by atoms with Crippen LogP contribution in [0.2, 0.25) is 0 Å². The van der Waals surface area contributed by atoms with Gasteiger partial charge < -0.3 is 10.2 Å². The van der Waals surface area contributed by atoms with Crippen LogP contribution in [0.25, 0.3) is 0 Å². The maximum absolute atomic E-state index is 3.55. The van der Waals surface area contributed by atoms with Gasteiger partial charge in [-0.25, -0.2) is 0 Å². The molecule has 96 valence electrons. The number of piperidine rings is 1. The molecule has 2 nitrogen and oxygen atoms in total. The number of hydrogen-bond donors (Lipinski definition) is 1. The van der Waals surface area contributed by atoms with Crippen molar-refractivity contribution in [1.29, 1.82) is 0 Å². The molecule has 0 bridgehead atoms. The van der Waals surface area contributed by atoms with Gasteiger partial charge in [-0.2, -0.15) is 0 Å². The minimum atomic E-state index is 0.412. The Labute approximate surface area is 102 Å². The standard InChI is InChI=1S/C14H30N2/c1-5-8-15-11-14(3,4)12-16-9-6-13(2)7-10-16/h13,15H,5-12H2,1-4H3. The first-order valence-corrected chi connectivity index (χ1v) is 6.96. The second kappa shape index (κ2) is 6.61. The summed E-state index contributed by atoms with van der Waals surface area (Å²) in [7, 11) is 0. The molecule has 2 heteroatoms. The van der Waals surface area contributed by atoms with E-state index in [2.05, 4.69) is 37.9 Å². The molecule has 1 aliphatic rings. The van der Waals surface area contributed by atoms with Crippen LogP contribution < -0.4 is 5.32 Å². The lowest BCUT2D eigenvalue weighted by Gasteiger charge is -2.36. The molecule has 0 atom stereocenters. The fourth-order valence-corrected chi connectivity index (χ4v) is 2.48. The van der Waals surface area contributed by atoms with Crippen LogP contribution in [0.1, 0.15) is 47.0 Å². The molecule has 0 aromatic carbocycles. The second-order valence-electron chi connectivity index (χ2n) is 6.30. The fourth-order valence-electron chi connectivity index (χ4n) is 2.48. The Hall–Kier alpha value is -0.0800. The van der Waals surface area contributed by atoms with Crippen molar-refractivity contribution in [3.63, 3.8) is 0 Å². The highest BCUT2D eigenvalue weighted by molar-refractivity contribution is 4.79. The van der Waals surface area contributed by atoms with Crippen molar-refractivity contribution in [3.8, 4) is 0 Å². The van der Waals surface area contributed by atoms with Gasteiger partial charge >= 0.3 is 0 Å². The lowest BCUT2D eigenvalue weighted by atomic mass is 9.90. The van der Waals surface area contributed by atoms with Gasteiger partial charge in [-0.15, -0.1) is 0 Å². The molecule has 1 rings (SSSR count). The van der Waals surface area contributed by atoms with Crippen LogP contribution in [-0.4, -0.2) is 37.6 Å². The predicted octanol–water partition coefficient (Wildman–Crippen LogP) is 2.74. The molecule has 0 spiro atoms. The van der Waals surface area contributed by atoms with E-state index >= 15 is 0 Å². The zero-order valence-electron chi connectivity index (χ0n) is 11.7. The molecule has 0 unspecified atom stereocenters. The summed E-state index contributed by atoms with van der Waals surface area (Å²) >= 11 is 0. The molecule has 0 saturated carbocycles. The highest BCUT2D eigenvalue weighted by atomic mass is 15.1. The number of rotatable bonds is 6. The van der Waals surface area contributed by atoms with Gasteiger partial charge in [0, 0.05) is 13.1 Å². The lowest BCUT2D eigenvalue weighted by Crippen LogP contribution is -2.43. The zero-order chi connectivity index (χ0) is 12.0. The quantitative estimate of drug-likeness (QED) is 0.701. The van der Waals surface area contributed by atoms with Gasteiger partial charge in [0.1, 0.15) is 0 Å². The summed E-state index contributed by atoms with van der Waals surface area (Å²) < 4.78 is 0. The Morgan fingerprint density at radius 2 is 1.88 bits per heavy atom. The van der Waals surface area contributed by atoms with Crippen LogP contribution in [-0.2, 0) is 0 Å². The largest absolute Gasteiger partial charge is 0.316 e. The molecule has 1 fully saturated rings. The highest BCUT2D eigenvalue weighted by Crippen LogP contribution is 2.21. The van der Waals surface area contributed by atoms with Gasteiger partial charge in [-0.05, 0) is 50.2 Å². The van der Waals surface area contributed by atoms with E-state index in [0.717, 1.165) is 19.0 Å². The average Bonchev–Trinajstić information content (AvgIpc) is 2.21. The van der Waals surface area contributed by atoms with Gasteiger partial charge in [-0.3, -0.25) is 0 Å². The summed E-state index contributed by atoms with van der Waals surface area (Å²) in [5, 5.41) is 3.55. The molecule has 0 aliphatic carbocycles. The number of likely N-dealkylation sites (tertiary alicyclic amines) is 1. The Kier molecular flexibility index (Phi) is 5.77. The lowest BCUT2D eigenvalue weighted by molar-refractivity contribution is 0.131. The molecule has 1 heterocycles. The predicted molar refractivity (Wildman–Crippen MR) is 71.8 cm³/mol. The summed E-state index contributed by atoms with van der Waals surface area (Å²) in [5.74, 6) is 0.942. The smallest absolute Gasteiger partial charge is 0.00448 e. The van der Waals surface area contributed by atoms with E-state index < -0.39 is 0 Å². The van der Waals surface area contributed by atoms with Gasteiger partial charge in [-0.1, -0.05) is 27.7 Å². The first-order chi connectivity index (χ1) is 7.53. The molecule has 16 heavy (non-hydrogen) atoms. The first kappa shape index (κ1) is 14.0. The normalized spacial score (nSPS) is 20.2. The van der Waals surface area contributed by atoms with E-state index in [-0.39, 0.29) is 0 Å². The van der Waals surface area contributed by atoms with Crippen molar-refractivity contribution >= 4 is 0 Å². The molecule has 0 aromatic rings. The SMILES string of the molecule is CCCNCC(C)(C)CN1CCC(C)CC1. The topological polar surface area (TPSA) is 15.3 Å². The fraction of sp³-hybridized carbons (Fsp3) is 1.00. The number of hydrogen-bond acceptors (Lipinski definition) is 2. The van der Waals surface area contributed by atoms with Crippen molar-refractivity contribution in [3.05, 3.63) is 0 Å². The summed E-state index contributed by atoms with van der Waals surface area (Å²) in [6, 6.07) is 0. The Balaban J connectivity index is 2.23. The van der Waals surface area contributed by atoms with E-state index in [1.807, 2.05) is 0 Å². The van der Waals surface area contributed by atoms with Gasteiger partial charge in [0.2, 0.25) is 0 Å². The average molecular weight is 226 g/mol. The van der Waals surface area contributed by atoms with Crippen LogP contribution in [0.3, 0.4) is 0 Å². The van der Waals surface area contributed by atoms with Crippen molar-refractivity contribution in [2.24, 2.45) is 11.3 Å². The minimum absolute atomic E-state index is 0.412. The molecule has 1 N–H and O–H groups in total. The molecule has 0 radical (unpaired) electrons. The second-order valence-corrected chi connectivity index (χ2v) is 6.30. The third-order valence-electron chi connectivity index (χ3n) is 3.56. The zero-order valence-corrected chi connectivity index (χ0v) is 11.7. The van der Waals surface area contributed by atoms with Crippen LogP contribution >= 0.6 is 0 Å². The molecule has 0 amide bonds. The summed E-state index contributed by atoms with van der Waals surface area (Å²) in [5.41, 5.74) is 0.412. The van der Waals surface area contributed by atoms with Crippen molar-refractivity contribution < 1.29 is 0 Å². The van der Waals surface area contributed by atoms with Crippen LogP contribution in [0.5, 0.6) is 0 Å². The number of nitrogens with one attached hydrogen (secondary N) is 1. The van der Waals surface area contributed by atoms with Crippen molar-refractivity contribution in [2.45, 2.75) is 47.0 Å². The van der Waals surface area contributed by atoms with Crippen LogP contribution in [0.15, 0.2) is 0 Å². The van der Waals surface area contributed by atoms with Crippen molar-refractivity contribution in [1.82, 2.24) is 10.2 Å². The Bertz CT molecular complexity index is 181. The van der Waals surface area contributed by atoms with Crippen LogP contribution in [0, 0.1) is 11.3 Å². The van der Waals surface area contributed by atoms with Crippen LogP contribution in [0.4, 0.5) is 0 Å². The van der Waals surface area contributed by atoms with Gasteiger partial charge in [0.25, 0.3) is 0 Å². The van der Waals surface area contributed by atoms with E-state index in [4.69, 9.17) is 0 Å². The third-order valence-corrected chi connectivity index (χ3v) is 3.56. The van der Waals surface area contributed by atoms with Crippen molar-refractivity contribution in [2.75, 3.05) is 32.7 Å². The molecule has 1 saturated heterocycles. The monoisotopic (exact) mass is 226 g/mol. The first-order valence-electron chi connectivity index (χ1n) is 6.96. The molecular formula is C14H30N2. The maximum atomic E-state index is 3.55. The van der Waals surface area contributed by atoms with E-state index in [9.17, 15) is 0 Å². The summed E-state index contributed by atoms with van der Waals surface area (Å²) in [4.78, 5) is 2.65. The highest BCUT2D eigenvalue weighted by Gasteiger charge is 2.24. The van der Waals surface area contributed by atoms with Gasteiger partial charge in [0.05, 0.1) is 0 Å². The minimum Gasteiger partial charge on any atom is -0.316 e. The molecule has 1 aliphatic heterocycles. The maximum Gasteiger partial charge on any atom is 0.00448 e. The number of nitrogens with zero attached hydrogens (tertiary/aromatic N) is 1. The van der Waals surface area contributed by atoms with E-state index in [0.29, 0.717) is 5.41 Å². The van der Waals surface area contributed by atoms with Gasteiger partial charge in [0.15, 0.2) is 0 Å². The molecule has 0 aromatic heterocycles. The summed E-state index contributed by atoms with van der Waals surface area (Å²) in [6.45, 7) is 15.5. The Morgan fingerprint density at radius 3 is 2.44 bits per heavy atom. The summed E-state index contributed by atoms with van der Waals surface area (Å²) in [6.07, 6.45) is 4.01. The Morgan fingerprint density at radius 1 is 1.25 bits per heavy atom. The van der Waals surface area contributed by atoms with E-state index in [1.54, 1.807) is 0 Å². The molecular weight excluding hydrogens is 196 g/mol. The van der Waals surface area contributed by atoms with E-state index in [1.165, 1.54) is 38.9 Å². The third kappa shape index (κ3) is 5.31.